The molecule has 0 N–H and O–H groups in total. The van der Waals surface area contributed by atoms with Crippen molar-refractivity contribution in [1.82, 2.24) is 9.97 Å². The Morgan fingerprint density at radius 1 is 1.15 bits per heavy atom. The second kappa shape index (κ2) is 5.34. The highest BCUT2D eigenvalue weighted by Gasteiger charge is 2.24. The molecule has 4 heteroatoms. The van der Waals surface area contributed by atoms with Gasteiger partial charge in [-0.2, -0.15) is 5.26 Å². The molecule has 1 aromatic heterocycles. The average Bonchev–Trinajstić information content (AvgIpc) is 2.40. The maximum Gasteiger partial charge on any atom is 0.148 e. The molecule has 0 saturated heterocycles. The van der Waals surface area contributed by atoms with E-state index in [-0.39, 0.29) is 0 Å². The van der Waals surface area contributed by atoms with Crippen LogP contribution in [-0.2, 0) is 5.41 Å². The van der Waals surface area contributed by atoms with Crippen molar-refractivity contribution in [1.29, 1.82) is 5.26 Å². The number of nitriles is 1. The van der Waals surface area contributed by atoms with Gasteiger partial charge in [-0.3, -0.25) is 0 Å². The van der Waals surface area contributed by atoms with E-state index in [9.17, 15) is 5.26 Å². The summed E-state index contributed by atoms with van der Waals surface area (Å²) in [6.07, 6.45) is 0. The Bertz CT molecular complexity index is 699. The van der Waals surface area contributed by atoms with E-state index in [0.29, 0.717) is 5.82 Å². The van der Waals surface area contributed by atoms with E-state index in [4.69, 9.17) is 0 Å². The Hall–Kier alpha value is -1.73. The van der Waals surface area contributed by atoms with Crippen LogP contribution in [0.1, 0.15) is 30.9 Å². The van der Waals surface area contributed by atoms with Crippen LogP contribution in [-0.4, -0.2) is 9.97 Å². The molecule has 1 heterocycles. The first-order valence-corrected chi connectivity index (χ1v) is 7.17. The van der Waals surface area contributed by atoms with Crippen LogP contribution in [0.4, 0.5) is 0 Å². The predicted molar refractivity (Wildman–Crippen MR) is 83.3 cm³/mol. The molecule has 0 aliphatic rings. The standard InChI is InChI=1S/C16H16BrN3/c1-10-5-6-12(17)8-13(10)14-7-11(2)19-15(20-14)16(3,4)9-18/h5-8H,1-4H3. The molecule has 0 bridgehead atoms. The lowest BCUT2D eigenvalue weighted by Crippen LogP contribution is -2.19. The number of rotatable bonds is 2. The van der Waals surface area contributed by atoms with Crippen molar-refractivity contribution in [2.45, 2.75) is 33.1 Å². The molecular formula is C16H16BrN3. The largest absolute Gasteiger partial charge is 0.236 e. The molecule has 20 heavy (non-hydrogen) atoms. The summed E-state index contributed by atoms with van der Waals surface area (Å²) >= 11 is 3.49. The summed E-state index contributed by atoms with van der Waals surface area (Å²) in [4.78, 5) is 9.00. The van der Waals surface area contributed by atoms with Crippen LogP contribution in [0.15, 0.2) is 28.7 Å². The first kappa shape index (κ1) is 14.7. The highest BCUT2D eigenvalue weighted by molar-refractivity contribution is 9.10. The minimum Gasteiger partial charge on any atom is -0.236 e. The smallest absolute Gasteiger partial charge is 0.148 e. The molecule has 2 rings (SSSR count). The minimum absolute atomic E-state index is 0.564. The van der Waals surface area contributed by atoms with Crippen LogP contribution in [0.3, 0.4) is 0 Å². The summed E-state index contributed by atoms with van der Waals surface area (Å²) in [5, 5.41) is 9.26. The van der Waals surface area contributed by atoms with E-state index >= 15 is 0 Å². The Kier molecular flexibility index (Phi) is 3.92. The molecule has 0 radical (unpaired) electrons. The van der Waals surface area contributed by atoms with E-state index in [2.05, 4.69) is 32.0 Å². The number of benzene rings is 1. The molecule has 0 aliphatic carbocycles. The number of hydrogen-bond donors (Lipinski definition) is 0. The molecule has 0 unspecified atom stereocenters. The van der Waals surface area contributed by atoms with Gasteiger partial charge in [0.1, 0.15) is 11.2 Å². The lowest BCUT2D eigenvalue weighted by Gasteiger charge is -2.16. The summed E-state index contributed by atoms with van der Waals surface area (Å²) in [5.41, 5.74) is 3.23. The van der Waals surface area contributed by atoms with Crippen molar-refractivity contribution in [2.75, 3.05) is 0 Å². The van der Waals surface area contributed by atoms with E-state index in [1.807, 2.05) is 52.0 Å². The summed E-state index contributed by atoms with van der Waals surface area (Å²) in [6, 6.07) is 10.3. The third-order valence-corrected chi connectivity index (χ3v) is 3.66. The molecule has 0 atom stereocenters. The normalized spacial score (nSPS) is 11.2. The van der Waals surface area contributed by atoms with Crippen molar-refractivity contribution in [3.8, 4) is 17.3 Å². The molecule has 0 aliphatic heterocycles. The van der Waals surface area contributed by atoms with Gasteiger partial charge in [-0.05, 0) is 51.5 Å². The van der Waals surface area contributed by atoms with Gasteiger partial charge in [0.05, 0.1) is 11.8 Å². The molecule has 1 aromatic carbocycles. The van der Waals surface area contributed by atoms with E-state index < -0.39 is 5.41 Å². The summed E-state index contributed by atoms with van der Waals surface area (Å²) in [7, 11) is 0. The SMILES string of the molecule is Cc1cc(-c2cc(Br)ccc2C)nc(C(C)(C)C#N)n1. The lowest BCUT2D eigenvalue weighted by atomic mass is 9.94. The van der Waals surface area contributed by atoms with Gasteiger partial charge in [0.15, 0.2) is 0 Å². The molecule has 2 aromatic rings. The van der Waals surface area contributed by atoms with Gasteiger partial charge in [-0.15, -0.1) is 0 Å². The first-order chi connectivity index (χ1) is 9.33. The fraction of sp³-hybridized carbons (Fsp3) is 0.312. The number of aromatic nitrogens is 2. The van der Waals surface area contributed by atoms with Gasteiger partial charge >= 0.3 is 0 Å². The zero-order valence-electron chi connectivity index (χ0n) is 12.0. The molecule has 102 valence electrons. The highest BCUT2D eigenvalue weighted by Crippen LogP contribution is 2.28. The lowest BCUT2D eigenvalue weighted by molar-refractivity contribution is 0.626. The van der Waals surface area contributed by atoms with Crippen molar-refractivity contribution >= 4 is 15.9 Å². The molecule has 0 spiro atoms. The van der Waals surface area contributed by atoms with Gasteiger partial charge in [0.2, 0.25) is 0 Å². The van der Waals surface area contributed by atoms with Gasteiger partial charge < -0.3 is 0 Å². The Labute approximate surface area is 127 Å². The fourth-order valence-corrected chi connectivity index (χ4v) is 2.27. The van der Waals surface area contributed by atoms with Crippen molar-refractivity contribution in [2.24, 2.45) is 0 Å². The van der Waals surface area contributed by atoms with E-state index in [1.54, 1.807) is 0 Å². The third kappa shape index (κ3) is 2.88. The molecule has 0 amide bonds. The monoisotopic (exact) mass is 329 g/mol. The van der Waals surface area contributed by atoms with Crippen molar-refractivity contribution in [3.05, 3.63) is 45.8 Å². The second-order valence-electron chi connectivity index (χ2n) is 5.41. The highest BCUT2D eigenvalue weighted by atomic mass is 79.9. The average molecular weight is 330 g/mol. The zero-order chi connectivity index (χ0) is 14.9. The molecule has 0 saturated carbocycles. The third-order valence-electron chi connectivity index (χ3n) is 3.17. The van der Waals surface area contributed by atoms with Gasteiger partial charge in [0.25, 0.3) is 0 Å². The minimum atomic E-state index is -0.694. The zero-order valence-corrected chi connectivity index (χ0v) is 13.6. The predicted octanol–water partition coefficient (Wildman–Crippen LogP) is 4.32. The number of halogens is 1. The van der Waals surface area contributed by atoms with Crippen LogP contribution < -0.4 is 0 Å². The summed E-state index contributed by atoms with van der Waals surface area (Å²) in [5.74, 6) is 0.564. The molecule has 0 fully saturated rings. The second-order valence-corrected chi connectivity index (χ2v) is 6.33. The quantitative estimate of drug-likeness (QED) is 0.824. The van der Waals surface area contributed by atoms with E-state index in [1.165, 1.54) is 0 Å². The maximum atomic E-state index is 9.26. The van der Waals surface area contributed by atoms with Crippen LogP contribution in [0.5, 0.6) is 0 Å². The fourth-order valence-electron chi connectivity index (χ4n) is 1.91. The Morgan fingerprint density at radius 3 is 2.50 bits per heavy atom. The number of aryl methyl sites for hydroxylation is 2. The van der Waals surface area contributed by atoms with Crippen LogP contribution in [0.25, 0.3) is 11.3 Å². The first-order valence-electron chi connectivity index (χ1n) is 6.37. The number of hydrogen-bond acceptors (Lipinski definition) is 3. The van der Waals surface area contributed by atoms with Gasteiger partial charge in [0, 0.05) is 15.7 Å². The summed E-state index contributed by atoms with van der Waals surface area (Å²) in [6.45, 7) is 7.64. The van der Waals surface area contributed by atoms with Crippen molar-refractivity contribution < 1.29 is 0 Å². The van der Waals surface area contributed by atoms with Gasteiger partial charge in [-0.25, -0.2) is 9.97 Å². The van der Waals surface area contributed by atoms with E-state index in [0.717, 1.165) is 27.0 Å². The Morgan fingerprint density at radius 2 is 1.85 bits per heavy atom. The number of nitrogens with zero attached hydrogens (tertiary/aromatic N) is 3. The molecule has 3 nitrogen and oxygen atoms in total. The topological polar surface area (TPSA) is 49.6 Å². The molecular weight excluding hydrogens is 314 g/mol. The van der Waals surface area contributed by atoms with Crippen LogP contribution in [0, 0.1) is 25.2 Å². The van der Waals surface area contributed by atoms with Crippen molar-refractivity contribution in [3.63, 3.8) is 0 Å². The van der Waals surface area contributed by atoms with Crippen LogP contribution in [0.2, 0.25) is 0 Å². The Balaban J connectivity index is 2.65. The summed E-state index contributed by atoms with van der Waals surface area (Å²) < 4.78 is 1.01. The van der Waals surface area contributed by atoms with Crippen LogP contribution >= 0.6 is 15.9 Å². The maximum absolute atomic E-state index is 9.26. The van der Waals surface area contributed by atoms with Gasteiger partial charge in [-0.1, -0.05) is 22.0 Å².